The van der Waals surface area contributed by atoms with Crippen molar-refractivity contribution in [1.29, 1.82) is 0 Å². The number of ether oxygens (including phenoxy) is 2. The van der Waals surface area contributed by atoms with Crippen molar-refractivity contribution >= 4 is 93.0 Å². The van der Waals surface area contributed by atoms with E-state index in [0.29, 0.717) is 23.2 Å². The lowest BCUT2D eigenvalue weighted by molar-refractivity contribution is 0.140. The Hall–Kier alpha value is -2.46. The Bertz CT molecular complexity index is 1630. The zero-order valence-electron chi connectivity index (χ0n) is 34.1. The fourth-order valence-corrected chi connectivity index (χ4v) is 6.59. The molecule has 0 unspecified atom stereocenters. The topological polar surface area (TPSA) is 101 Å². The van der Waals surface area contributed by atoms with Crippen LogP contribution in [0.1, 0.15) is 152 Å². The molecule has 3 aromatic rings. The molecule has 0 heterocycles. The summed E-state index contributed by atoms with van der Waals surface area (Å²) in [6, 6.07) is 13.4. The summed E-state index contributed by atoms with van der Waals surface area (Å²) in [5.41, 5.74) is 7.59. The molecule has 310 valence electrons. The Morgan fingerprint density at radius 1 is 0.482 bits per heavy atom. The molecule has 0 aromatic heterocycles. The standard InChI is InChI=1S/C42H56Cl6N4O4/c1-21(2)27-17-29(23(5)6)35(30(18-27)24(7)8)49-39(53)51-37(41(43,44)45)55-33-15-13-14-16-34(33)56-38(42(46,47)48)52-40(54)50-36-31(25(9)10)19-28(22(3)4)20-32(36)26(11)12/h13-26,37-38H,1-12H3,(H2,49,51,53)(H2,50,52,54)/t37-,38-/m1/s1. The smallest absolute Gasteiger partial charge is 0.322 e. The molecule has 0 aliphatic heterocycles. The van der Waals surface area contributed by atoms with Crippen LogP contribution < -0.4 is 30.7 Å². The van der Waals surface area contributed by atoms with Crippen molar-refractivity contribution in [3.05, 3.63) is 81.9 Å². The average molecular weight is 894 g/mol. The number of halogens is 6. The van der Waals surface area contributed by atoms with Gasteiger partial charge in [0, 0.05) is 11.4 Å². The largest absolute Gasteiger partial charge is 0.462 e. The minimum atomic E-state index is -2.16. The van der Waals surface area contributed by atoms with Crippen molar-refractivity contribution in [2.45, 2.75) is 139 Å². The number of rotatable bonds is 14. The van der Waals surface area contributed by atoms with Gasteiger partial charge in [-0.25, -0.2) is 9.59 Å². The van der Waals surface area contributed by atoms with Gasteiger partial charge in [0.15, 0.2) is 11.5 Å². The minimum Gasteiger partial charge on any atom is -0.462 e. The van der Waals surface area contributed by atoms with Gasteiger partial charge < -0.3 is 20.1 Å². The molecule has 4 N–H and O–H groups in total. The Kier molecular flexibility index (Phi) is 17.1. The first-order valence-corrected chi connectivity index (χ1v) is 21.1. The molecule has 56 heavy (non-hydrogen) atoms. The fraction of sp³-hybridized carbons (Fsp3) is 0.524. The highest BCUT2D eigenvalue weighted by molar-refractivity contribution is 6.68. The summed E-state index contributed by atoms with van der Waals surface area (Å²) in [7, 11) is 0. The van der Waals surface area contributed by atoms with Gasteiger partial charge in [0.25, 0.3) is 0 Å². The second-order valence-corrected chi connectivity index (χ2v) is 20.5. The summed E-state index contributed by atoms with van der Waals surface area (Å²) in [6.45, 7) is 25.0. The van der Waals surface area contributed by atoms with E-state index in [9.17, 15) is 9.59 Å². The van der Waals surface area contributed by atoms with Crippen LogP contribution in [0.15, 0.2) is 48.5 Å². The molecule has 8 nitrogen and oxygen atoms in total. The van der Waals surface area contributed by atoms with Gasteiger partial charge in [0.1, 0.15) is 0 Å². The first-order valence-electron chi connectivity index (χ1n) is 18.9. The van der Waals surface area contributed by atoms with Crippen molar-refractivity contribution in [2.24, 2.45) is 0 Å². The number of nitrogens with one attached hydrogen (secondary N) is 4. The Morgan fingerprint density at radius 2 is 0.750 bits per heavy atom. The molecule has 14 heteroatoms. The van der Waals surface area contributed by atoms with Crippen LogP contribution in [-0.2, 0) is 0 Å². The highest BCUT2D eigenvalue weighted by atomic mass is 35.6. The predicted molar refractivity (Wildman–Crippen MR) is 238 cm³/mol. The van der Waals surface area contributed by atoms with Crippen LogP contribution in [0.3, 0.4) is 0 Å². The molecule has 0 spiro atoms. The Morgan fingerprint density at radius 3 is 0.964 bits per heavy atom. The highest BCUT2D eigenvalue weighted by Crippen LogP contribution is 2.40. The summed E-state index contributed by atoms with van der Waals surface area (Å²) >= 11 is 38.3. The van der Waals surface area contributed by atoms with Crippen molar-refractivity contribution < 1.29 is 19.1 Å². The molecule has 3 rings (SSSR count). The van der Waals surface area contributed by atoms with Gasteiger partial charge in [-0.2, -0.15) is 0 Å². The summed E-state index contributed by atoms with van der Waals surface area (Å²) in [6.07, 6.45) is -3.06. The number of carbonyl (C=O) groups is 2. The Labute approximate surface area is 363 Å². The van der Waals surface area contributed by atoms with E-state index >= 15 is 0 Å². The summed E-state index contributed by atoms with van der Waals surface area (Å²) < 4.78 is 7.89. The van der Waals surface area contributed by atoms with Gasteiger partial charge >= 0.3 is 12.1 Å². The number of hydrogen-bond acceptors (Lipinski definition) is 4. The van der Waals surface area contributed by atoms with E-state index in [1.165, 1.54) is 23.3 Å². The van der Waals surface area contributed by atoms with Crippen LogP contribution in [0.25, 0.3) is 0 Å². The van der Waals surface area contributed by atoms with Crippen molar-refractivity contribution in [3.8, 4) is 11.5 Å². The molecule has 3 aromatic carbocycles. The zero-order valence-corrected chi connectivity index (χ0v) is 38.7. The molecule has 0 radical (unpaired) electrons. The van der Waals surface area contributed by atoms with Crippen molar-refractivity contribution in [1.82, 2.24) is 10.6 Å². The highest BCUT2D eigenvalue weighted by Gasteiger charge is 2.40. The average Bonchev–Trinajstić information content (AvgIpc) is 3.06. The first-order chi connectivity index (χ1) is 25.8. The lowest BCUT2D eigenvalue weighted by Crippen LogP contribution is -2.50. The van der Waals surface area contributed by atoms with E-state index in [4.69, 9.17) is 79.1 Å². The minimum absolute atomic E-state index is 0.0195. The molecular weight excluding hydrogens is 837 g/mol. The first kappa shape index (κ1) is 47.9. The summed E-state index contributed by atoms with van der Waals surface area (Å²) in [5, 5.41) is 11.3. The fourth-order valence-electron chi connectivity index (χ4n) is 5.99. The van der Waals surface area contributed by atoms with Gasteiger partial charge in [-0.1, -0.05) is 189 Å². The van der Waals surface area contributed by atoms with Crippen LogP contribution >= 0.6 is 69.6 Å². The zero-order chi connectivity index (χ0) is 42.4. The van der Waals surface area contributed by atoms with Crippen LogP contribution in [0.4, 0.5) is 21.0 Å². The van der Waals surface area contributed by atoms with Gasteiger partial charge in [-0.05, 0) is 81.0 Å². The van der Waals surface area contributed by atoms with Crippen LogP contribution in [0.2, 0.25) is 0 Å². The van der Waals surface area contributed by atoms with E-state index in [0.717, 1.165) is 22.3 Å². The molecule has 0 aliphatic carbocycles. The molecule has 0 fully saturated rings. The van der Waals surface area contributed by atoms with E-state index in [1.807, 2.05) is 0 Å². The quantitative estimate of drug-likeness (QED) is 0.0956. The number of benzene rings is 3. The van der Waals surface area contributed by atoms with Gasteiger partial charge in [0.05, 0.1) is 0 Å². The Balaban J connectivity index is 1.92. The lowest BCUT2D eigenvalue weighted by atomic mass is 9.87. The number of anilines is 2. The van der Waals surface area contributed by atoms with Crippen molar-refractivity contribution in [3.63, 3.8) is 0 Å². The number of para-hydroxylation sites is 2. The van der Waals surface area contributed by atoms with Crippen LogP contribution in [0, 0.1) is 0 Å². The second kappa shape index (κ2) is 20.0. The third-order valence-electron chi connectivity index (χ3n) is 9.20. The number of urea groups is 2. The van der Waals surface area contributed by atoms with Gasteiger partial charge in [-0.15, -0.1) is 0 Å². The number of alkyl halides is 6. The summed E-state index contributed by atoms with van der Waals surface area (Å²) in [5.74, 6) is 1.04. The SMILES string of the molecule is CC(C)c1cc(C(C)C)c(NC(=O)N[C@H](Oc2ccccc2O[C@@H](NC(=O)Nc2c(C(C)C)cc(C(C)C)cc2C(C)C)C(Cl)(Cl)Cl)C(Cl)(Cl)Cl)c(C(C)C)c1. The third kappa shape index (κ3) is 13.0. The molecule has 0 saturated heterocycles. The normalized spacial score (nSPS) is 13.4. The van der Waals surface area contributed by atoms with Crippen molar-refractivity contribution in [2.75, 3.05) is 10.6 Å². The molecular formula is C42H56Cl6N4O4. The van der Waals surface area contributed by atoms with E-state index in [2.05, 4.69) is 129 Å². The van der Waals surface area contributed by atoms with Crippen LogP contribution in [-0.4, -0.2) is 32.1 Å². The molecule has 2 atom stereocenters. The molecule has 0 aliphatic rings. The van der Waals surface area contributed by atoms with E-state index < -0.39 is 32.1 Å². The maximum atomic E-state index is 13.7. The maximum absolute atomic E-state index is 13.7. The van der Waals surface area contributed by atoms with Gasteiger partial charge in [-0.3, -0.25) is 10.6 Å². The third-order valence-corrected chi connectivity index (χ3v) is 10.4. The lowest BCUT2D eigenvalue weighted by Gasteiger charge is -2.30. The van der Waals surface area contributed by atoms with E-state index in [1.54, 1.807) is 12.1 Å². The predicted octanol–water partition coefficient (Wildman–Crippen LogP) is 14.2. The maximum Gasteiger partial charge on any atom is 0.322 e. The van der Waals surface area contributed by atoms with E-state index in [-0.39, 0.29) is 35.2 Å². The van der Waals surface area contributed by atoms with Gasteiger partial charge in [0.2, 0.25) is 20.0 Å². The second-order valence-electron chi connectivity index (χ2n) is 15.8. The monoisotopic (exact) mass is 890 g/mol. The number of hydrogen-bond donors (Lipinski definition) is 4. The summed E-state index contributed by atoms with van der Waals surface area (Å²) in [4.78, 5) is 27.3. The molecule has 0 saturated carbocycles. The molecule has 4 amide bonds. The number of amides is 4. The van der Waals surface area contributed by atoms with Crippen LogP contribution in [0.5, 0.6) is 11.5 Å². The molecule has 0 bridgehead atoms. The number of carbonyl (C=O) groups excluding carboxylic acids is 2.